The molecular formula is C40H44Cl3N7O4. The number of nitrogens with one attached hydrogen (secondary N) is 4. The van der Waals surface area contributed by atoms with Crippen LogP contribution >= 0.6 is 37.2 Å². The molecule has 6 atom stereocenters. The SMILES string of the molecule is CO[C@H](C)[C@H](NC(=O)O)C(=O)N1CCC[C@H]1c1nc2ccc3cc(-c4ccc5cc(-c6cnc([C@H]7N[C@@H]8CC[C@H]7C8)[nH]6)ccc5c4)ccc3c2[nH]1.Cl.Cl.Cl. The van der Waals surface area contributed by atoms with Crippen LogP contribution in [0.4, 0.5) is 4.79 Å². The van der Waals surface area contributed by atoms with Gasteiger partial charge in [0.2, 0.25) is 5.91 Å². The van der Waals surface area contributed by atoms with Crippen LogP contribution in [0.15, 0.2) is 72.9 Å². The van der Waals surface area contributed by atoms with Crippen molar-refractivity contribution in [1.82, 2.24) is 35.5 Å². The molecule has 1 saturated carbocycles. The summed E-state index contributed by atoms with van der Waals surface area (Å²) in [5.41, 5.74) is 6.20. The molecule has 2 saturated heterocycles. The quantitative estimate of drug-likeness (QED) is 0.104. The van der Waals surface area contributed by atoms with Gasteiger partial charge in [0.15, 0.2) is 0 Å². The first-order valence-corrected chi connectivity index (χ1v) is 17.9. The highest BCUT2D eigenvalue weighted by Gasteiger charge is 2.41. The van der Waals surface area contributed by atoms with Gasteiger partial charge < -0.3 is 35.3 Å². The summed E-state index contributed by atoms with van der Waals surface area (Å²) in [6.07, 6.45) is 5.46. The van der Waals surface area contributed by atoms with E-state index in [1.165, 1.54) is 37.1 Å². The van der Waals surface area contributed by atoms with Crippen molar-refractivity contribution < 1.29 is 19.4 Å². The molecule has 2 aromatic heterocycles. The van der Waals surface area contributed by atoms with E-state index in [2.05, 4.69) is 81.3 Å². The summed E-state index contributed by atoms with van der Waals surface area (Å²) in [4.78, 5) is 43.6. The van der Waals surface area contributed by atoms with Crippen LogP contribution in [0, 0.1) is 5.92 Å². The summed E-state index contributed by atoms with van der Waals surface area (Å²) in [6.45, 7) is 2.21. The Morgan fingerprint density at radius 1 is 0.889 bits per heavy atom. The first-order valence-electron chi connectivity index (χ1n) is 17.9. The number of carboxylic acid groups (broad SMARTS) is 1. The Morgan fingerprint density at radius 3 is 2.30 bits per heavy atom. The van der Waals surface area contributed by atoms with Crippen molar-refractivity contribution in [3.63, 3.8) is 0 Å². The van der Waals surface area contributed by atoms with Crippen LogP contribution in [0.2, 0.25) is 0 Å². The van der Waals surface area contributed by atoms with Gasteiger partial charge in [0.1, 0.15) is 17.7 Å². The number of aromatic nitrogens is 4. The first-order chi connectivity index (χ1) is 24.8. The fraction of sp³-hybridized carbons (Fsp3) is 0.350. The van der Waals surface area contributed by atoms with E-state index in [0.717, 1.165) is 62.9 Å². The summed E-state index contributed by atoms with van der Waals surface area (Å²) in [5.74, 6) is 2.14. The van der Waals surface area contributed by atoms with Crippen LogP contribution in [0.25, 0.3) is 55.0 Å². The van der Waals surface area contributed by atoms with Crippen molar-refractivity contribution in [1.29, 1.82) is 0 Å². The van der Waals surface area contributed by atoms with E-state index in [0.29, 0.717) is 30.4 Å². The number of aromatic amines is 2. The second-order valence-electron chi connectivity index (χ2n) is 14.4. The molecule has 6 aromatic rings. The molecule has 0 spiro atoms. The highest BCUT2D eigenvalue weighted by molar-refractivity contribution is 6.05. The number of amides is 2. The normalized spacial score (nSPS) is 21.4. The van der Waals surface area contributed by atoms with E-state index in [1.807, 2.05) is 12.3 Å². The fourth-order valence-electron chi connectivity index (χ4n) is 8.71. The van der Waals surface area contributed by atoms with E-state index < -0.39 is 18.2 Å². The van der Waals surface area contributed by atoms with Crippen LogP contribution in [0.3, 0.4) is 0 Å². The number of hydrogen-bond acceptors (Lipinski definition) is 6. The van der Waals surface area contributed by atoms with E-state index in [1.54, 1.807) is 11.8 Å². The number of carbonyl (C=O) groups excluding carboxylic acids is 1. The van der Waals surface area contributed by atoms with E-state index in [9.17, 15) is 14.7 Å². The Balaban J connectivity index is 0.00000166. The second-order valence-corrected chi connectivity index (χ2v) is 14.4. The topological polar surface area (TPSA) is 148 Å². The van der Waals surface area contributed by atoms with Crippen molar-refractivity contribution in [3.8, 4) is 22.4 Å². The number of likely N-dealkylation sites (tertiary alicyclic amines) is 1. The molecule has 5 N–H and O–H groups in total. The third kappa shape index (κ3) is 6.99. The van der Waals surface area contributed by atoms with Crippen molar-refractivity contribution in [3.05, 3.63) is 84.6 Å². The molecule has 0 radical (unpaired) electrons. The molecule has 2 bridgehead atoms. The molecule has 3 aliphatic rings. The third-order valence-corrected chi connectivity index (χ3v) is 11.5. The zero-order valence-corrected chi connectivity index (χ0v) is 32.3. The number of nitrogens with zero attached hydrogens (tertiary/aromatic N) is 3. The highest BCUT2D eigenvalue weighted by atomic mass is 35.5. The van der Waals surface area contributed by atoms with Crippen molar-refractivity contribution >= 4 is 81.8 Å². The fourth-order valence-corrected chi connectivity index (χ4v) is 8.71. The van der Waals surface area contributed by atoms with Gasteiger partial charge >= 0.3 is 6.09 Å². The molecule has 14 heteroatoms. The number of methoxy groups -OCH3 is 1. The maximum Gasteiger partial charge on any atom is 0.405 e. The number of piperidine rings is 1. The van der Waals surface area contributed by atoms with Gasteiger partial charge in [-0.25, -0.2) is 14.8 Å². The minimum absolute atomic E-state index is 0. The minimum atomic E-state index is -1.26. The molecule has 11 nitrogen and oxygen atoms in total. The average molecular weight is 793 g/mol. The predicted octanol–water partition coefficient (Wildman–Crippen LogP) is 8.34. The summed E-state index contributed by atoms with van der Waals surface area (Å²) >= 11 is 0. The maximum absolute atomic E-state index is 13.6. The summed E-state index contributed by atoms with van der Waals surface area (Å²) in [6, 6.07) is 23.5. The van der Waals surface area contributed by atoms with Gasteiger partial charge in [0, 0.05) is 30.6 Å². The highest BCUT2D eigenvalue weighted by Crippen LogP contribution is 2.43. The molecule has 2 amide bonds. The standard InChI is InChI=1S/C40H41N7O4.3ClH/c1-21(51-2)34(46-40(49)50)39(48)47-15-3-4-33(47)37-43-31-14-11-26-17-25(10-13-30(26)36(31)45-37)22-5-6-24-18-27(8-7-23(24)16-22)32-20-41-38(44-32)35-28-9-12-29(19-28)42-35;;;/h5-8,10-11,13-14,16-18,20-21,28-29,33-35,42,46H,3-4,9,12,15,19H2,1-2H3,(H,41,44)(H,43,45)(H,49,50);3*1H/t21-,28+,29-,33+,34+,35+;;;/m1.../s1. The lowest BCUT2D eigenvalue weighted by Crippen LogP contribution is -2.53. The van der Waals surface area contributed by atoms with E-state index >= 15 is 0 Å². The lowest BCUT2D eigenvalue weighted by atomic mass is 9.97. The lowest BCUT2D eigenvalue weighted by molar-refractivity contribution is -0.137. The molecule has 284 valence electrons. The summed E-state index contributed by atoms with van der Waals surface area (Å²) in [5, 5.41) is 20.0. The largest absolute Gasteiger partial charge is 0.465 e. The number of ether oxygens (including phenoxy) is 1. The van der Waals surface area contributed by atoms with Crippen LogP contribution in [-0.4, -0.2) is 73.8 Å². The molecule has 0 unspecified atom stereocenters. The number of fused-ring (bicyclic) bond motifs is 6. The number of benzene rings is 4. The molecule has 1 aliphatic carbocycles. The molecule has 54 heavy (non-hydrogen) atoms. The number of H-pyrrole nitrogens is 2. The van der Waals surface area contributed by atoms with Gasteiger partial charge in [0.05, 0.1) is 41.1 Å². The van der Waals surface area contributed by atoms with Crippen molar-refractivity contribution in [2.75, 3.05) is 13.7 Å². The number of halogens is 3. The average Bonchev–Trinajstić information content (AvgIpc) is 4.00. The first kappa shape index (κ1) is 39.3. The lowest BCUT2D eigenvalue weighted by Gasteiger charge is -2.30. The zero-order valence-electron chi connectivity index (χ0n) is 29.9. The van der Waals surface area contributed by atoms with Gasteiger partial charge in [-0.3, -0.25) is 4.79 Å². The predicted molar refractivity (Wildman–Crippen MR) is 218 cm³/mol. The Hall–Kier alpha value is -4.39. The van der Waals surface area contributed by atoms with Crippen molar-refractivity contribution in [2.24, 2.45) is 5.92 Å². The zero-order chi connectivity index (χ0) is 34.8. The summed E-state index contributed by atoms with van der Waals surface area (Å²) < 4.78 is 5.34. The van der Waals surface area contributed by atoms with E-state index in [-0.39, 0.29) is 49.2 Å². The summed E-state index contributed by atoms with van der Waals surface area (Å²) in [7, 11) is 1.47. The molecular weight excluding hydrogens is 749 g/mol. The minimum Gasteiger partial charge on any atom is -0.465 e. The van der Waals surface area contributed by atoms with Crippen LogP contribution < -0.4 is 10.6 Å². The second kappa shape index (κ2) is 15.8. The Kier molecular flexibility index (Phi) is 11.5. The molecule has 3 fully saturated rings. The molecule has 4 heterocycles. The molecule has 2 aliphatic heterocycles. The number of rotatable bonds is 8. The smallest absolute Gasteiger partial charge is 0.405 e. The third-order valence-electron chi connectivity index (χ3n) is 11.5. The molecule has 4 aromatic carbocycles. The van der Waals surface area contributed by atoms with Gasteiger partial charge in [-0.05, 0) is 96.5 Å². The van der Waals surface area contributed by atoms with E-state index in [4.69, 9.17) is 14.7 Å². The van der Waals surface area contributed by atoms with Gasteiger partial charge in [-0.2, -0.15) is 0 Å². The Bertz CT molecular complexity index is 2330. The maximum atomic E-state index is 13.6. The Labute approximate surface area is 331 Å². The van der Waals surface area contributed by atoms with Crippen LogP contribution in [-0.2, 0) is 9.53 Å². The van der Waals surface area contributed by atoms with Crippen molar-refractivity contribution in [2.45, 2.75) is 69.3 Å². The number of imidazole rings is 2. The number of hydrogen-bond donors (Lipinski definition) is 5. The monoisotopic (exact) mass is 791 g/mol. The van der Waals surface area contributed by atoms with Gasteiger partial charge in [0.25, 0.3) is 0 Å². The van der Waals surface area contributed by atoms with Crippen LogP contribution in [0.5, 0.6) is 0 Å². The van der Waals surface area contributed by atoms with Gasteiger partial charge in [-0.15, -0.1) is 37.2 Å². The van der Waals surface area contributed by atoms with Crippen LogP contribution in [0.1, 0.15) is 62.8 Å². The van der Waals surface area contributed by atoms with Gasteiger partial charge in [-0.1, -0.05) is 42.5 Å². The number of carbonyl (C=O) groups is 2. The molecule has 9 rings (SSSR count). The Morgan fingerprint density at radius 2 is 1.59 bits per heavy atom.